The standard InChI is InChI=1S/C28H31ClN2O3/c1-21(2)18-30-28(33)26(17-22-9-5-3-6-10-22)31(19-23-11-7-4-8-12-23)27(32)20-34-25-15-13-24(29)14-16-25/h3-16,21,26H,17-20H2,1-2H3,(H,30,33)/t26-/m1/s1. The summed E-state index contributed by atoms with van der Waals surface area (Å²) in [6.07, 6.45) is 0.407. The minimum Gasteiger partial charge on any atom is -0.484 e. The molecule has 178 valence electrons. The lowest BCUT2D eigenvalue weighted by Crippen LogP contribution is -2.52. The molecular formula is C28H31ClN2O3. The maximum Gasteiger partial charge on any atom is 0.261 e. The molecule has 3 aromatic carbocycles. The zero-order chi connectivity index (χ0) is 24.3. The zero-order valence-corrected chi connectivity index (χ0v) is 20.4. The van der Waals surface area contributed by atoms with Crippen LogP contribution in [0.2, 0.25) is 5.02 Å². The second-order valence-electron chi connectivity index (χ2n) is 8.59. The van der Waals surface area contributed by atoms with E-state index in [0.717, 1.165) is 11.1 Å². The number of hydrogen-bond donors (Lipinski definition) is 1. The van der Waals surface area contributed by atoms with Crippen LogP contribution in [-0.2, 0) is 22.6 Å². The molecule has 0 aliphatic carbocycles. The fourth-order valence-electron chi connectivity index (χ4n) is 3.52. The topological polar surface area (TPSA) is 58.6 Å². The smallest absolute Gasteiger partial charge is 0.261 e. The number of rotatable bonds is 11. The minimum absolute atomic E-state index is 0.173. The van der Waals surface area contributed by atoms with Crippen LogP contribution in [-0.4, -0.2) is 35.9 Å². The van der Waals surface area contributed by atoms with Crippen molar-refractivity contribution in [2.75, 3.05) is 13.2 Å². The van der Waals surface area contributed by atoms with Crippen molar-refractivity contribution in [3.8, 4) is 5.75 Å². The molecule has 0 aliphatic rings. The maximum atomic E-state index is 13.5. The molecule has 0 saturated heterocycles. The summed E-state index contributed by atoms with van der Waals surface area (Å²) in [5.74, 6) is 0.405. The third-order valence-corrected chi connectivity index (χ3v) is 5.58. The quantitative estimate of drug-likeness (QED) is 0.415. The molecular weight excluding hydrogens is 448 g/mol. The van der Waals surface area contributed by atoms with Crippen LogP contribution in [0.5, 0.6) is 5.75 Å². The van der Waals surface area contributed by atoms with Crippen LogP contribution < -0.4 is 10.1 Å². The van der Waals surface area contributed by atoms with Gasteiger partial charge in [-0.1, -0.05) is 86.1 Å². The van der Waals surface area contributed by atoms with Gasteiger partial charge in [-0.2, -0.15) is 0 Å². The summed E-state index contributed by atoms with van der Waals surface area (Å²) in [4.78, 5) is 28.4. The van der Waals surface area contributed by atoms with E-state index >= 15 is 0 Å². The Hall–Kier alpha value is -3.31. The van der Waals surface area contributed by atoms with Crippen LogP contribution in [0.1, 0.15) is 25.0 Å². The van der Waals surface area contributed by atoms with Crippen LogP contribution >= 0.6 is 11.6 Å². The van der Waals surface area contributed by atoms with Crippen LogP contribution in [0.15, 0.2) is 84.9 Å². The molecule has 1 atom stereocenters. The van der Waals surface area contributed by atoms with E-state index in [9.17, 15) is 9.59 Å². The summed E-state index contributed by atoms with van der Waals surface area (Å²) >= 11 is 5.95. The van der Waals surface area contributed by atoms with Crippen LogP contribution in [0.3, 0.4) is 0 Å². The van der Waals surface area contributed by atoms with Gasteiger partial charge in [0.1, 0.15) is 11.8 Å². The minimum atomic E-state index is -0.678. The summed E-state index contributed by atoms with van der Waals surface area (Å²) in [5, 5.41) is 3.61. The molecule has 0 fully saturated rings. The van der Waals surface area contributed by atoms with Crippen molar-refractivity contribution in [2.24, 2.45) is 5.92 Å². The molecule has 0 aliphatic heterocycles. The molecule has 0 bridgehead atoms. The van der Waals surface area contributed by atoms with E-state index in [1.807, 2.05) is 74.5 Å². The molecule has 5 nitrogen and oxygen atoms in total. The summed E-state index contributed by atoms with van der Waals surface area (Å²) < 4.78 is 5.74. The van der Waals surface area contributed by atoms with Crippen molar-refractivity contribution < 1.29 is 14.3 Å². The lowest BCUT2D eigenvalue weighted by molar-refractivity contribution is -0.142. The first-order chi connectivity index (χ1) is 16.4. The van der Waals surface area contributed by atoms with Crippen molar-refractivity contribution in [2.45, 2.75) is 32.9 Å². The average Bonchev–Trinajstić information content (AvgIpc) is 2.85. The number of carbonyl (C=O) groups is 2. The zero-order valence-electron chi connectivity index (χ0n) is 19.6. The molecule has 0 unspecified atom stereocenters. The Morgan fingerprint density at radius 1 is 0.882 bits per heavy atom. The highest BCUT2D eigenvalue weighted by molar-refractivity contribution is 6.30. The fourth-order valence-corrected chi connectivity index (χ4v) is 3.64. The lowest BCUT2D eigenvalue weighted by atomic mass is 10.0. The van der Waals surface area contributed by atoms with Gasteiger partial charge in [0.15, 0.2) is 6.61 Å². The first kappa shape index (κ1) is 25.3. The number of nitrogens with zero attached hydrogens (tertiary/aromatic N) is 1. The number of carbonyl (C=O) groups excluding carboxylic acids is 2. The van der Waals surface area contributed by atoms with Gasteiger partial charge in [-0.3, -0.25) is 9.59 Å². The third kappa shape index (κ3) is 7.92. The third-order valence-electron chi connectivity index (χ3n) is 5.33. The monoisotopic (exact) mass is 478 g/mol. The molecule has 0 saturated carbocycles. The molecule has 1 N–H and O–H groups in total. The number of nitrogens with one attached hydrogen (secondary N) is 1. The molecule has 6 heteroatoms. The van der Waals surface area contributed by atoms with Crippen LogP contribution in [0, 0.1) is 5.92 Å². The van der Waals surface area contributed by atoms with Gasteiger partial charge in [0.05, 0.1) is 0 Å². The summed E-state index contributed by atoms with van der Waals surface area (Å²) in [6.45, 7) is 4.74. The second kappa shape index (κ2) is 12.8. The van der Waals surface area contributed by atoms with Crippen molar-refractivity contribution in [1.82, 2.24) is 10.2 Å². The Balaban J connectivity index is 1.86. The largest absolute Gasteiger partial charge is 0.484 e. The Kier molecular flexibility index (Phi) is 9.53. The molecule has 0 radical (unpaired) electrons. The first-order valence-corrected chi connectivity index (χ1v) is 11.8. The Labute approximate surface area is 206 Å². The maximum absolute atomic E-state index is 13.5. The van der Waals surface area contributed by atoms with E-state index in [1.165, 1.54) is 0 Å². The van der Waals surface area contributed by atoms with E-state index in [1.54, 1.807) is 29.2 Å². The van der Waals surface area contributed by atoms with Gasteiger partial charge in [-0.25, -0.2) is 0 Å². The van der Waals surface area contributed by atoms with Gasteiger partial charge >= 0.3 is 0 Å². The van der Waals surface area contributed by atoms with Gasteiger partial charge in [0.25, 0.3) is 5.91 Å². The molecule has 3 aromatic rings. The van der Waals surface area contributed by atoms with Gasteiger partial charge < -0.3 is 15.0 Å². The van der Waals surface area contributed by atoms with E-state index in [-0.39, 0.29) is 18.4 Å². The van der Waals surface area contributed by atoms with Crippen molar-refractivity contribution >= 4 is 23.4 Å². The van der Waals surface area contributed by atoms with Gasteiger partial charge in [-0.15, -0.1) is 0 Å². The highest BCUT2D eigenvalue weighted by atomic mass is 35.5. The molecule has 0 spiro atoms. The Bertz CT molecular complexity index is 1040. The number of hydrogen-bond acceptors (Lipinski definition) is 3. The normalized spacial score (nSPS) is 11.6. The Morgan fingerprint density at radius 3 is 2.06 bits per heavy atom. The summed E-state index contributed by atoms with van der Waals surface area (Å²) in [5.41, 5.74) is 1.92. The summed E-state index contributed by atoms with van der Waals surface area (Å²) in [6, 6.07) is 25.6. The molecule has 2 amide bonds. The predicted molar refractivity (Wildman–Crippen MR) is 136 cm³/mol. The predicted octanol–water partition coefficient (Wildman–Crippen LogP) is 5.13. The van der Waals surface area contributed by atoms with Crippen molar-refractivity contribution in [3.63, 3.8) is 0 Å². The van der Waals surface area contributed by atoms with Gasteiger partial charge in [0.2, 0.25) is 5.91 Å². The number of halogens is 1. The average molecular weight is 479 g/mol. The van der Waals surface area contributed by atoms with Crippen LogP contribution in [0.25, 0.3) is 0 Å². The van der Waals surface area contributed by atoms with E-state index in [0.29, 0.717) is 36.2 Å². The molecule has 3 rings (SSSR count). The molecule has 0 heterocycles. The highest BCUT2D eigenvalue weighted by Gasteiger charge is 2.30. The second-order valence-corrected chi connectivity index (χ2v) is 9.03. The van der Waals surface area contributed by atoms with Crippen LogP contribution in [0.4, 0.5) is 0 Å². The van der Waals surface area contributed by atoms with Gasteiger partial charge in [0, 0.05) is 24.5 Å². The number of benzene rings is 3. The van der Waals surface area contributed by atoms with E-state index < -0.39 is 6.04 Å². The van der Waals surface area contributed by atoms with Crippen molar-refractivity contribution in [3.05, 3.63) is 101 Å². The fraction of sp³-hybridized carbons (Fsp3) is 0.286. The molecule has 34 heavy (non-hydrogen) atoms. The highest BCUT2D eigenvalue weighted by Crippen LogP contribution is 2.18. The number of ether oxygens (including phenoxy) is 1. The summed E-state index contributed by atoms with van der Waals surface area (Å²) in [7, 11) is 0. The lowest BCUT2D eigenvalue weighted by Gasteiger charge is -2.31. The number of amides is 2. The van der Waals surface area contributed by atoms with Crippen molar-refractivity contribution in [1.29, 1.82) is 0 Å². The Morgan fingerprint density at radius 2 is 1.47 bits per heavy atom. The first-order valence-electron chi connectivity index (χ1n) is 11.5. The van der Waals surface area contributed by atoms with Gasteiger partial charge in [-0.05, 0) is 41.3 Å². The van der Waals surface area contributed by atoms with E-state index in [4.69, 9.17) is 16.3 Å². The SMILES string of the molecule is CC(C)CNC(=O)[C@@H](Cc1ccccc1)N(Cc1ccccc1)C(=O)COc1ccc(Cl)cc1. The molecule has 0 aromatic heterocycles. The van der Waals surface area contributed by atoms with E-state index in [2.05, 4.69) is 5.32 Å².